The minimum atomic E-state index is -1.08. The van der Waals surface area contributed by atoms with E-state index in [-0.39, 0.29) is 0 Å². The van der Waals surface area contributed by atoms with Crippen molar-refractivity contribution in [1.82, 2.24) is 14.8 Å². The molecule has 0 fully saturated rings. The van der Waals surface area contributed by atoms with Crippen LogP contribution in [-0.4, -0.2) is 14.8 Å². The molecule has 194 valence electrons. The normalized spacial score (nSPS) is 11.2. The lowest BCUT2D eigenvalue weighted by atomic mass is 10.2. The largest absolute Gasteiger partial charge is 0.464 e. The Kier molecular flexibility index (Phi) is 6.32. The SMILES string of the molecule is c1ccc(N(c2cccc(OP(c3ccccc3)c3ccccc3)c2)c2nc3c(-n4cccn4)coc3o2)cc1. The van der Waals surface area contributed by atoms with Crippen LogP contribution in [0.15, 0.2) is 149 Å². The number of anilines is 3. The maximum Gasteiger partial charge on any atom is 0.321 e. The average Bonchev–Trinajstić information content (AvgIpc) is 3.77. The first-order chi connectivity index (χ1) is 19.8. The molecule has 0 radical (unpaired) electrons. The third kappa shape index (κ3) is 4.64. The Morgan fingerprint density at radius 2 is 1.40 bits per heavy atom. The lowest BCUT2D eigenvalue weighted by molar-refractivity contribution is 0.478. The van der Waals surface area contributed by atoms with Crippen molar-refractivity contribution in [3.8, 4) is 11.4 Å². The summed E-state index contributed by atoms with van der Waals surface area (Å²) in [7, 11) is -1.08. The van der Waals surface area contributed by atoms with Crippen molar-refractivity contribution in [3.05, 3.63) is 140 Å². The molecule has 0 spiro atoms. The highest BCUT2D eigenvalue weighted by molar-refractivity contribution is 7.68. The molecule has 0 aliphatic rings. The number of aromatic nitrogens is 3. The average molecular weight is 543 g/mol. The Morgan fingerprint density at radius 3 is 2.08 bits per heavy atom. The molecule has 3 aromatic heterocycles. The lowest BCUT2D eigenvalue weighted by Gasteiger charge is -2.23. The Bertz CT molecular complexity index is 1800. The van der Waals surface area contributed by atoms with Crippen LogP contribution in [0, 0.1) is 0 Å². The number of furan rings is 1. The van der Waals surface area contributed by atoms with Gasteiger partial charge in [-0.05, 0) is 30.3 Å². The summed E-state index contributed by atoms with van der Waals surface area (Å²) in [5.41, 5.74) is 3.02. The zero-order valence-electron chi connectivity index (χ0n) is 21.2. The van der Waals surface area contributed by atoms with E-state index in [1.165, 1.54) is 0 Å². The van der Waals surface area contributed by atoms with Crippen LogP contribution in [0.4, 0.5) is 17.4 Å². The van der Waals surface area contributed by atoms with E-state index in [4.69, 9.17) is 18.3 Å². The fraction of sp³-hybridized carbons (Fsp3) is 0. The zero-order chi connectivity index (χ0) is 26.7. The van der Waals surface area contributed by atoms with Gasteiger partial charge in [0, 0.05) is 29.1 Å². The van der Waals surface area contributed by atoms with Crippen molar-refractivity contribution in [2.24, 2.45) is 0 Å². The van der Waals surface area contributed by atoms with Gasteiger partial charge in [-0.1, -0.05) is 84.9 Å². The molecular weight excluding hydrogens is 519 g/mol. The van der Waals surface area contributed by atoms with Crippen molar-refractivity contribution >= 4 is 47.4 Å². The molecule has 7 nitrogen and oxygen atoms in total. The van der Waals surface area contributed by atoms with E-state index in [2.05, 4.69) is 29.4 Å². The quantitative estimate of drug-likeness (QED) is 0.185. The molecule has 40 heavy (non-hydrogen) atoms. The molecule has 0 atom stereocenters. The Balaban J connectivity index is 1.29. The summed E-state index contributed by atoms with van der Waals surface area (Å²) < 4.78 is 20.3. The first kappa shape index (κ1) is 23.9. The van der Waals surface area contributed by atoms with Crippen molar-refractivity contribution < 1.29 is 13.4 Å². The Labute approximate surface area is 231 Å². The van der Waals surface area contributed by atoms with Crippen LogP contribution in [0.25, 0.3) is 17.0 Å². The third-order valence-corrected chi connectivity index (χ3v) is 8.24. The van der Waals surface area contributed by atoms with E-state index in [9.17, 15) is 0 Å². The monoisotopic (exact) mass is 542 g/mol. The summed E-state index contributed by atoms with van der Waals surface area (Å²) >= 11 is 0. The molecule has 8 heteroatoms. The highest BCUT2D eigenvalue weighted by Gasteiger charge is 2.24. The number of nitrogens with zero attached hydrogens (tertiary/aromatic N) is 4. The minimum Gasteiger partial charge on any atom is -0.464 e. The van der Waals surface area contributed by atoms with Gasteiger partial charge in [-0.3, -0.25) is 4.90 Å². The second-order valence-electron chi connectivity index (χ2n) is 8.93. The van der Waals surface area contributed by atoms with Gasteiger partial charge in [0.25, 0.3) is 0 Å². The van der Waals surface area contributed by atoms with Gasteiger partial charge in [0.1, 0.15) is 17.7 Å². The van der Waals surface area contributed by atoms with Crippen LogP contribution in [0.3, 0.4) is 0 Å². The summed E-state index contributed by atoms with van der Waals surface area (Å²) in [5.74, 6) is 1.07. The predicted molar refractivity (Wildman–Crippen MR) is 158 cm³/mol. The molecule has 4 aromatic carbocycles. The molecular formula is C32H23N4O3P. The maximum absolute atomic E-state index is 6.72. The first-order valence-electron chi connectivity index (χ1n) is 12.7. The summed E-state index contributed by atoms with van der Waals surface area (Å²) in [6.45, 7) is 0. The number of rotatable bonds is 8. The fourth-order valence-corrected chi connectivity index (χ4v) is 6.20. The topological polar surface area (TPSA) is 69.5 Å². The molecule has 0 saturated heterocycles. The molecule has 7 aromatic rings. The summed E-state index contributed by atoms with van der Waals surface area (Å²) in [5, 5.41) is 6.58. The zero-order valence-corrected chi connectivity index (χ0v) is 22.1. The molecule has 0 bridgehead atoms. The number of hydrogen-bond acceptors (Lipinski definition) is 6. The van der Waals surface area contributed by atoms with E-state index in [1.54, 1.807) is 17.1 Å². The highest BCUT2D eigenvalue weighted by Crippen LogP contribution is 2.41. The minimum absolute atomic E-state index is 0.325. The lowest BCUT2D eigenvalue weighted by Crippen LogP contribution is -2.15. The van der Waals surface area contributed by atoms with Gasteiger partial charge in [-0.25, -0.2) is 4.68 Å². The number of oxazole rings is 1. The van der Waals surface area contributed by atoms with Gasteiger partial charge in [-0.15, -0.1) is 0 Å². The Hall–Kier alpha value is -5.13. The summed E-state index contributed by atoms with van der Waals surface area (Å²) in [4.78, 5) is 6.78. The number of para-hydroxylation sites is 1. The van der Waals surface area contributed by atoms with Gasteiger partial charge < -0.3 is 13.4 Å². The molecule has 0 aliphatic heterocycles. The molecule has 0 unspecified atom stereocenters. The maximum atomic E-state index is 6.72. The molecule has 3 heterocycles. The number of benzene rings is 4. The van der Waals surface area contributed by atoms with Crippen LogP contribution in [-0.2, 0) is 0 Å². The van der Waals surface area contributed by atoms with E-state index >= 15 is 0 Å². The summed E-state index contributed by atoms with van der Waals surface area (Å²) in [6, 6.07) is 40.8. The molecule has 0 amide bonds. The second kappa shape index (κ2) is 10.6. The Morgan fingerprint density at radius 1 is 0.725 bits per heavy atom. The highest BCUT2D eigenvalue weighted by atomic mass is 31.1. The standard InChI is InChI=1S/C32H23N4O3P/c1-4-12-24(13-5-1)36(32-34-30-29(23-37-31(30)38-32)35-21-11-20-33-35)25-14-10-15-26(22-25)39-40(27-16-6-2-7-17-27)28-18-8-3-9-19-28/h1-23H. The number of fused-ring (bicyclic) bond motifs is 1. The second-order valence-corrected chi connectivity index (χ2v) is 10.7. The van der Waals surface area contributed by atoms with Crippen LogP contribution >= 0.6 is 8.15 Å². The van der Waals surface area contributed by atoms with Gasteiger partial charge in [0.05, 0.1) is 11.4 Å². The van der Waals surface area contributed by atoms with Crippen LogP contribution < -0.4 is 20.0 Å². The van der Waals surface area contributed by atoms with E-state index < -0.39 is 8.15 Å². The van der Waals surface area contributed by atoms with Crippen LogP contribution in [0.2, 0.25) is 0 Å². The van der Waals surface area contributed by atoms with Gasteiger partial charge in [-0.2, -0.15) is 10.1 Å². The third-order valence-electron chi connectivity index (χ3n) is 6.32. The summed E-state index contributed by atoms with van der Waals surface area (Å²) in [6.07, 6.45) is 5.14. The van der Waals surface area contributed by atoms with Crippen molar-refractivity contribution in [3.63, 3.8) is 0 Å². The van der Waals surface area contributed by atoms with E-state index in [1.807, 2.05) is 108 Å². The fourth-order valence-electron chi connectivity index (χ4n) is 4.48. The predicted octanol–water partition coefficient (Wildman–Crippen LogP) is 7.50. The van der Waals surface area contributed by atoms with Gasteiger partial charge in [0.15, 0.2) is 13.7 Å². The smallest absolute Gasteiger partial charge is 0.321 e. The molecule has 0 N–H and O–H groups in total. The number of hydrogen-bond donors (Lipinski definition) is 0. The van der Waals surface area contributed by atoms with Crippen molar-refractivity contribution in [2.75, 3.05) is 4.90 Å². The first-order valence-corrected chi connectivity index (χ1v) is 14.0. The van der Waals surface area contributed by atoms with Gasteiger partial charge >= 0.3 is 11.8 Å². The van der Waals surface area contributed by atoms with Gasteiger partial charge in [0.2, 0.25) is 0 Å². The molecule has 0 aliphatic carbocycles. The molecule has 0 saturated carbocycles. The van der Waals surface area contributed by atoms with Crippen molar-refractivity contribution in [2.45, 2.75) is 0 Å². The van der Waals surface area contributed by atoms with E-state index in [0.29, 0.717) is 23.0 Å². The van der Waals surface area contributed by atoms with Crippen LogP contribution in [0.5, 0.6) is 5.75 Å². The van der Waals surface area contributed by atoms with Crippen LogP contribution in [0.1, 0.15) is 0 Å². The molecule has 7 rings (SSSR count). The van der Waals surface area contributed by atoms with Crippen molar-refractivity contribution in [1.29, 1.82) is 0 Å². The van der Waals surface area contributed by atoms with E-state index in [0.717, 1.165) is 27.7 Å².